The third kappa shape index (κ3) is 2.31. The van der Waals surface area contributed by atoms with Gasteiger partial charge in [0.2, 0.25) is 15.9 Å². The third-order valence-corrected chi connectivity index (χ3v) is 8.57. The maximum Gasteiger partial charge on any atom is 0.309 e. The average molecular weight is 355 g/mol. The maximum atomic E-state index is 12.7. The summed E-state index contributed by atoms with van der Waals surface area (Å²) in [4.78, 5) is 23.6. The second-order valence-electron chi connectivity index (χ2n) is 7.77. The quantitative estimate of drug-likeness (QED) is 0.568. The van der Waals surface area contributed by atoms with Crippen LogP contribution in [0.15, 0.2) is 12.2 Å². The second kappa shape index (κ2) is 5.58. The Bertz CT molecular complexity index is 696. The van der Waals surface area contributed by atoms with E-state index in [-0.39, 0.29) is 47.3 Å². The third-order valence-electron chi connectivity index (χ3n) is 6.63. The minimum absolute atomic E-state index is 0.00605. The van der Waals surface area contributed by atoms with Crippen LogP contribution in [0.4, 0.5) is 0 Å². The highest BCUT2D eigenvalue weighted by Gasteiger charge is 2.72. The molecule has 0 unspecified atom stereocenters. The lowest BCUT2D eigenvalue weighted by atomic mass is 9.69. The standard InChI is InChI=1S/C17H25NO5S/c1-16(2)12-8-9-17(16)11-24(21,22)18(13(17)10-12)14(19)6-4-5-7-15(20)23-3/h4-5,12-13H,6-11H2,1-3H3/b5-4+/t12-,13-,17-/m1/s1. The lowest BCUT2D eigenvalue weighted by Crippen LogP contribution is -2.44. The summed E-state index contributed by atoms with van der Waals surface area (Å²) in [5.41, 5.74) is -0.331. The fourth-order valence-electron chi connectivity index (χ4n) is 5.15. The summed E-state index contributed by atoms with van der Waals surface area (Å²) >= 11 is 0. The highest BCUT2D eigenvalue weighted by atomic mass is 32.2. The van der Waals surface area contributed by atoms with Crippen LogP contribution in [0.3, 0.4) is 0 Å². The number of hydrogen-bond acceptors (Lipinski definition) is 5. The van der Waals surface area contributed by atoms with E-state index in [9.17, 15) is 18.0 Å². The van der Waals surface area contributed by atoms with Crippen LogP contribution in [0.25, 0.3) is 0 Å². The van der Waals surface area contributed by atoms with Gasteiger partial charge in [-0.25, -0.2) is 12.7 Å². The molecule has 1 spiro atoms. The van der Waals surface area contributed by atoms with E-state index in [0.717, 1.165) is 23.6 Å². The molecule has 1 saturated heterocycles. The summed E-state index contributed by atoms with van der Waals surface area (Å²) in [6.07, 6.45) is 5.90. The zero-order valence-electron chi connectivity index (χ0n) is 14.4. The second-order valence-corrected chi connectivity index (χ2v) is 9.61. The van der Waals surface area contributed by atoms with E-state index in [1.165, 1.54) is 7.11 Å². The van der Waals surface area contributed by atoms with Crippen LogP contribution >= 0.6 is 0 Å². The van der Waals surface area contributed by atoms with Gasteiger partial charge >= 0.3 is 5.97 Å². The van der Waals surface area contributed by atoms with Gasteiger partial charge in [0, 0.05) is 11.8 Å². The zero-order chi connectivity index (χ0) is 17.8. The number of sulfonamides is 1. The molecule has 1 heterocycles. The molecule has 3 rings (SSSR count). The molecule has 0 aromatic rings. The predicted molar refractivity (Wildman–Crippen MR) is 88.4 cm³/mol. The van der Waals surface area contributed by atoms with Crippen LogP contribution < -0.4 is 0 Å². The Balaban J connectivity index is 1.77. The summed E-state index contributed by atoms with van der Waals surface area (Å²) in [5.74, 6) is -0.197. The van der Waals surface area contributed by atoms with Crippen LogP contribution in [-0.4, -0.2) is 43.5 Å². The highest BCUT2D eigenvalue weighted by Crippen LogP contribution is 2.69. The molecule has 0 N–H and O–H groups in total. The first kappa shape index (κ1) is 17.5. The molecule has 0 aromatic heterocycles. The van der Waals surface area contributed by atoms with Crippen molar-refractivity contribution in [1.29, 1.82) is 0 Å². The normalized spacial score (nSPS) is 35.4. The molecular weight excluding hydrogens is 330 g/mol. The largest absolute Gasteiger partial charge is 0.469 e. The van der Waals surface area contributed by atoms with Gasteiger partial charge in [-0.2, -0.15) is 0 Å². The molecule has 3 fully saturated rings. The van der Waals surface area contributed by atoms with Gasteiger partial charge in [-0.15, -0.1) is 0 Å². The molecule has 134 valence electrons. The topological polar surface area (TPSA) is 80.8 Å². The van der Waals surface area contributed by atoms with E-state index in [2.05, 4.69) is 18.6 Å². The molecule has 7 heteroatoms. The number of carbonyl (C=O) groups excluding carboxylic acids is 2. The Morgan fingerprint density at radius 1 is 1.25 bits per heavy atom. The molecule has 3 aliphatic rings. The van der Waals surface area contributed by atoms with Crippen molar-refractivity contribution in [2.24, 2.45) is 16.7 Å². The molecule has 24 heavy (non-hydrogen) atoms. The molecule has 0 aromatic carbocycles. The van der Waals surface area contributed by atoms with Crippen molar-refractivity contribution in [3.05, 3.63) is 12.2 Å². The van der Waals surface area contributed by atoms with E-state index in [4.69, 9.17) is 0 Å². The SMILES string of the molecule is COC(=O)C/C=C/CC(=O)N1[C@@H]2C[C@H]3CC[C@]2(CS1(=O)=O)C3(C)C. The number of rotatable bonds is 4. The van der Waals surface area contributed by atoms with Gasteiger partial charge in [-0.1, -0.05) is 26.0 Å². The van der Waals surface area contributed by atoms with Crippen molar-refractivity contribution in [2.75, 3.05) is 12.9 Å². The summed E-state index contributed by atoms with van der Waals surface area (Å²) in [6, 6.07) is -0.197. The van der Waals surface area contributed by atoms with E-state index in [1.807, 2.05) is 0 Å². The fraction of sp³-hybridized carbons (Fsp3) is 0.765. The molecular formula is C17H25NO5S. The molecule has 2 saturated carbocycles. The number of carbonyl (C=O) groups is 2. The molecule has 1 amide bonds. The van der Waals surface area contributed by atoms with E-state index >= 15 is 0 Å². The van der Waals surface area contributed by atoms with E-state index < -0.39 is 10.0 Å². The van der Waals surface area contributed by atoms with Crippen molar-refractivity contribution in [1.82, 2.24) is 4.31 Å². The summed E-state index contributed by atoms with van der Waals surface area (Å²) in [7, 11) is -2.26. The first-order valence-corrected chi connectivity index (χ1v) is 10.0. The van der Waals surface area contributed by atoms with Gasteiger partial charge in [0.15, 0.2) is 0 Å². The smallest absolute Gasteiger partial charge is 0.309 e. The van der Waals surface area contributed by atoms with Gasteiger partial charge in [0.25, 0.3) is 0 Å². The maximum absolute atomic E-state index is 12.7. The van der Waals surface area contributed by atoms with Gasteiger partial charge in [-0.05, 0) is 30.6 Å². The van der Waals surface area contributed by atoms with Crippen molar-refractivity contribution in [3.63, 3.8) is 0 Å². The number of amides is 1. The van der Waals surface area contributed by atoms with Crippen LogP contribution in [0.5, 0.6) is 0 Å². The first-order chi connectivity index (χ1) is 11.2. The van der Waals surface area contributed by atoms with Gasteiger partial charge in [0.1, 0.15) is 0 Å². The Morgan fingerprint density at radius 3 is 2.54 bits per heavy atom. The molecule has 3 atom stereocenters. The van der Waals surface area contributed by atoms with Gasteiger partial charge in [0.05, 0.1) is 25.3 Å². The van der Waals surface area contributed by atoms with E-state index in [0.29, 0.717) is 5.92 Å². The molecule has 2 bridgehead atoms. The number of methoxy groups -OCH3 is 1. The fourth-order valence-corrected chi connectivity index (χ4v) is 7.71. The van der Waals surface area contributed by atoms with Crippen molar-refractivity contribution >= 4 is 21.9 Å². The first-order valence-electron chi connectivity index (χ1n) is 8.42. The van der Waals surface area contributed by atoms with Crippen molar-refractivity contribution in [3.8, 4) is 0 Å². The van der Waals surface area contributed by atoms with Crippen LogP contribution in [-0.2, 0) is 24.3 Å². The van der Waals surface area contributed by atoms with Crippen LogP contribution in [0.2, 0.25) is 0 Å². The Morgan fingerprint density at radius 2 is 1.92 bits per heavy atom. The number of esters is 1. The van der Waals surface area contributed by atoms with Crippen LogP contribution in [0, 0.1) is 16.7 Å². The highest BCUT2D eigenvalue weighted by molar-refractivity contribution is 7.90. The zero-order valence-corrected chi connectivity index (χ0v) is 15.3. The lowest BCUT2D eigenvalue weighted by molar-refractivity contribution is -0.139. The number of fused-ring (bicyclic) bond motifs is 1. The molecule has 1 aliphatic heterocycles. The monoisotopic (exact) mass is 355 g/mol. The lowest BCUT2D eigenvalue weighted by Gasteiger charge is -2.37. The molecule has 6 nitrogen and oxygen atoms in total. The minimum Gasteiger partial charge on any atom is -0.469 e. The Hall–Kier alpha value is -1.37. The number of ether oxygens (including phenoxy) is 1. The molecule has 0 radical (unpaired) electrons. The number of hydrogen-bond donors (Lipinski definition) is 0. The van der Waals surface area contributed by atoms with Crippen molar-refractivity contribution < 1.29 is 22.7 Å². The molecule has 2 aliphatic carbocycles. The minimum atomic E-state index is -3.56. The Labute approximate surface area is 143 Å². The predicted octanol–water partition coefficient (Wildman–Crippen LogP) is 1.86. The van der Waals surface area contributed by atoms with Gasteiger partial charge in [-0.3, -0.25) is 9.59 Å². The summed E-state index contributed by atoms with van der Waals surface area (Å²) in [6.45, 7) is 4.31. The van der Waals surface area contributed by atoms with Crippen molar-refractivity contribution in [2.45, 2.75) is 52.0 Å². The summed E-state index contributed by atoms with van der Waals surface area (Å²) in [5, 5.41) is 0. The summed E-state index contributed by atoms with van der Waals surface area (Å²) < 4.78 is 31.0. The Kier molecular flexibility index (Phi) is 4.06. The van der Waals surface area contributed by atoms with E-state index in [1.54, 1.807) is 12.2 Å². The van der Waals surface area contributed by atoms with Crippen LogP contribution in [0.1, 0.15) is 46.0 Å². The number of nitrogens with zero attached hydrogens (tertiary/aromatic N) is 1. The van der Waals surface area contributed by atoms with Gasteiger partial charge < -0.3 is 4.74 Å². The average Bonchev–Trinajstić information content (AvgIpc) is 2.98.